The molecule has 4 heteroatoms. The molecule has 1 aromatic rings. The van der Waals surface area contributed by atoms with Crippen molar-refractivity contribution >= 4 is 11.9 Å². The van der Waals surface area contributed by atoms with Crippen LogP contribution in [0.3, 0.4) is 0 Å². The van der Waals surface area contributed by atoms with E-state index in [1.807, 2.05) is 31.2 Å². The van der Waals surface area contributed by atoms with Crippen LogP contribution >= 0.6 is 0 Å². The number of hydrogen-bond acceptors (Lipinski definition) is 2. The normalized spacial score (nSPS) is 28.8. The topological polar surface area (TPSA) is 66.4 Å². The monoisotopic (exact) mass is 327 g/mol. The van der Waals surface area contributed by atoms with Crippen LogP contribution in [-0.4, -0.2) is 17.0 Å². The van der Waals surface area contributed by atoms with E-state index >= 15 is 0 Å². The first-order chi connectivity index (χ1) is 11.5. The van der Waals surface area contributed by atoms with Gasteiger partial charge in [-0.1, -0.05) is 49.8 Å². The van der Waals surface area contributed by atoms with E-state index < -0.39 is 17.8 Å². The van der Waals surface area contributed by atoms with E-state index in [0.29, 0.717) is 0 Å². The van der Waals surface area contributed by atoms with Gasteiger partial charge in [0, 0.05) is 0 Å². The first-order valence-electron chi connectivity index (χ1n) is 8.81. The molecule has 0 radical (unpaired) electrons. The van der Waals surface area contributed by atoms with Crippen LogP contribution in [0.2, 0.25) is 0 Å². The molecule has 2 N–H and O–H groups in total. The Balaban J connectivity index is 1.67. The minimum Gasteiger partial charge on any atom is -0.481 e. The fourth-order valence-electron chi connectivity index (χ4n) is 4.17. The van der Waals surface area contributed by atoms with Gasteiger partial charge in [0.25, 0.3) is 0 Å². The van der Waals surface area contributed by atoms with Gasteiger partial charge >= 0.3 is 5.97 Å². The Labute approximate surface area is 143 Å². The summed E-state index contributed by atoms with van der Waals surface area (Å²) in [4.78, 5) is 24.2. The number of allylic oxidation sites excluding steroid dienone is 2. The zero-order valence-electron chi connectivity index (χ0n) is 14.2. The zero-order chi connectivity index (χ0) is 17.3. The molecule has 1 fully saturated rings. The Morgan fingerprint density at radius 2 is 1.79 bits per heavy atom. The molecule has 1 amide bonds. The molecule has 1 aromatic carbocycles. The highest BCUT2D eigenvalue weighted by Gasteiger charge is 2.51. The van der Waals surface area contributed by atoms with Gasteiger partial charge in [-0.3, -0.25) is 9.59 Å². The molecule has 2 aliphatic carbocycles. The number of amides is 1. The molecule has 128 valence electrons. The number of benzene rings is 1. The zero-order valence-corrected chi connectivity index (χ0v) is 14.2. The van der Waals surface area contributed by atoms with Gasteiger partial charge in [-0.2, -0.15) is 0 Å². The molecule has 0 spiro atoms. The van der Waals surface area contributed by atoms with Crippen molar-refractivity contribution in [2.75, 3.05) is 0 Å². The molecular formula is C20H25NO3. The smallest absolute Gasteiger partial charge is 0.307 e. The van der Waals surface area contributed by atoms with Crippen molar-refractivity contribution in [1.29, 1.82) is 0 Å². The molecule has 5 atom stereocenters. The molecule has 0 aromatic heterocycles. The lowest BCUT2D eigenvalue weighted by Crippen LogP contribution is -2.41. The number of carboxylic acid groups (broad SMARTS) is 1. The molecule has 4 nitrogen and oxygen atoms in total. The van der Waals surface area contributed by atoms with Crippen LogP contribution < -0.4 is 5.32 Å². The van der Waals surface area contributed by atoms with Gasteiger partial charge in [0.2, 0.25) is 5.91 Å². The highest BCUT2D eigenvalue weighted by molar-refractivity contribution is 5.87. The third kappa shape index (κ3) is 3.10. The summed E-state index contributed by atoms with van der Waals surface area (Å²) >= 11 is 0. The van der Waals surface area contributed by atoms with Gasteiger partial charge in [0.05, 0.1) is 17.9 Å². The van der Waals surface area contributed by atoms with E-state index in [0.717, 1.165) is 24.8 Å². The number of aryl methyl sites for hydroxylation is 1. The lowest BCUT2D eigenvalue weighted by molar-refractivity contribution is -0.148. The molecule has 0 saturated heterocycles. The van der Waals surface area contributed by atoms with Crippen molar-refractivity contribution in [2.45, 2.75) is 39.2 Å². The van der Waals surface area contributed by atoms with Gasteiger partial charge < -0.3 is 10.4 Å². The van der Waals surface area contributed by atoms with Crippen LogP contribution in [0.4, 0.5) is 0 Å². The number of aliphatic carboxylic acids is 1. The number of carboxylic acids is 1. The molecule has 2 aliphatic rings. The van der Waals surface area contributed by atoms with Crippen molar-refractivity contribution in [1.82, 2.24) is 5.32 Å². The summed E-state index contributed by atoms with van der Waals surface area (Å²) < 4.78 is 0. The number of fused-ring (bicyclic) bond motifs is 2. The third-order valence-electron chi connectivity index (χ3n) is 5.42. The first-order valence-corrected chi connectivity index (χ1v) is 8.81. The largest absolute Gasteiger partial charge is 0.481 e. The number of hydrogen-bond donors (Lipinski definition) is 2. The van der Waals surface area contributed by atoms with Gasteiger partial charge in [0.1, 0.15) is 0 Å². The van der Waals surface area contributed by atoms with Crippen LogP contribution in [-0.2, 0) is 16.0 Å². The number of carbonyl (C=O) groups is 2. The highest BCUT2D eigenvalue weighted by Crippen LogP contribution is 2.48. The summed E-state index contributed by atoms with van der Waals surface area (Å²) in [6.45, 7) is 4.10. The standard InChI is InChI=1S/C20H25NO3/c1-3-4-13-5-7-14(8-6-13)12(2)21-19(22)17-15-9-10-16(11-15)18(17)20(23)24/h5-10,12,15-18H,3-4,11H2,1-2H3,(H,21,22)(H,23,24)/t12-,15-,16-,17+,18-/m0/s1. The Morgan fingerprint density at radius 3 is 2.38 bits per heavy atom. The quantitative estimate of drug-likeness (QED) is 0.788. The van der Waals surface area contributed by atoms with Gasteiger partial charge in [0.15, 0.2) is 0 Å². The van der Waals surface area contributed by atoms with Crippen LogP contribution in [0, 0.1) is 23.7 Å². The second-order valence-electron chi connectivity index (χ2n) is 7.06. The van der Waals surface area contributed by atoms with E-state index in [9.17, 15) is 14.7 Å². The van der Waals surface area contributed by atoms with Crippen LogP contribution in [0.25, 0.3) is 0 Å². The van der Waals surface area contributed by atoms with E-state index in [-0.39, 0.29) is 23.8 Å². The lowest BCUT2D eigenvalue weighted by atomic mass is 9.82. The van der Waals surface area contributed by atoms with Crippen molar-refractivity contribution in [3.05, 3.63) is 47.5 Å². The number of carbonyl (C=O) groups excluding carboxylic acids is 1. The van der Waals surface area contributed by atoms with Crippen molar-refractivity contribution in [3.8, 4) is 0 Å². The molecule has 3 rings (SSSR count). The summed E-state index contributed by atoms with van der Waals surface area (Å²) in [5.41, 5.74) is 2.35. The molecule has 2 bridgehead atoms. The fraction of sp³-hybridized carbons (Fsp3) is 0.500. The molecule has 24 heavy (non-hydrogen) atoms. The maximum absolute atomic E-state index is 12.7. The van der Waals surface area contributed by atoms with Gasteiger partial charge in [-0.05, 0) is 42.7 Å². The Kier molecular flexibility index (Phi) is 4.74. The summed E-state index contributed by atoms with van der Waals surface area (Å²) in [5.74, 6) is -1.95. The number of rotatable bonds is 6. The van der Waals surface area contributed by atoms with E-state index in [2.05, 4.69) is 24.4 Å². The summed E-state index contributed by atoms with van der Waals surface area (Å²) in [6.07, 6.45) is 6.93. The van der Waals surface area contributed by atoms with Gasteiger partial charge in [-0.25, -0.2) is 0 Å². The maximum Gasteiger partial charge on any atom is 0.307 e. The molecule has 0 heterocycles. The SMILES string of the molecule is CCCc1ccc([C@H](C)NC(=O)[C@H]2[C@@H](C(=O)O)[C@H]3C=C[C@H]2C3)cc1. The summed E-state index contributed by atoms with van der Waals surface area (Å²) in [5, 5.41) is 12.5. The van der Waals surface area contributed by atoms with E-state index in [4.69, 9.17) is 0 Å². The van der Waals surface area contributed by atoms with Crippen LogP contribution in [0.1, 0.15) is 43.9 Å². The Morgan fingerprint density at radius 1 is 1.17 bits per heavy atom. The average Bonchev–Trinajstić information content (AvgIpc) is 3.16. The Hall–Kier alpha value is -2.10. The predicted molar refractivity (Wildman–Crippen MR) is 92.3 cm³/mol. The van der Waals surface area contributed by atoms with Crippen molar-refractivity contribution in [3.63, 3.8) is 0 Å². The molecule has 1 saturated carbocycles. The fourth-order valence-corrected chi connectivity index (χ4v) is 4.17. The second kappa shape index (κ2) is 6.80. The van der Waals surface area contributed by atoms with Crippen molar-refractivity contribution in [2.24, 2.45) is 23.7 Å². The van der Waals surface area contributed by atoms with Crippen LogP contribution in [0.15, 0.2) is 36.4 Å². The average molecular weight is 327 g/mol. The third-order valence-corrected chi connectivity index (χ3v) is 5.42. The minimum absolute atomic E-state index is 0.00637. The molecule has 0 unspecified atom stereocenters. The Bertz CT molecular complexity index is 649. The predicted octanol–water partition coefficient (Wildman–Crippen LogP) is 3.34. The second-order valence-corrected chi connectivity index (χ2v) is 7.06. The highest BCUT2D eigenvalue weighted by atomic mass is 16.4. The van der Waals surface area contributed by atoms with Gasteiger partial charge in [-0.15, -0.1) is 0 Å². The number of nitrogens with one attached hydrogen (secondary N) is 1. The van der Waals surface area contributed by atoms with E-state index in [1.54, 1.807) is 0 Å². The minimum atomic E-state index is -0.858. The maximum atomic E-state index is 12.7. The van der Waals surface area contributed by atoms with Crippen molar-refractivity contribution < 1.29 is 14.7 Å². The molecular weight excluding hydrogens is 302 g/mol. The van der Waals surface area contributed by atoms with Crippen LogP contribution in [0.5, 0.6) is 0 Å². The van der Waals surface area contributed by atoms with E-state index in [1.165, 1.54) is 5.56 Å². The first kappa shape index (κ1) is 16.7. The molecule has 0 aliphatic heterocycles. The lowest BCUT2D eigenvalue weighted by Gasteiger charge is -2.26. The summed E-state index contributed by atoms with van der Waals surface area (Å²) in [7, 11) is 0. The summed E-state index contributed by atoms with van der Waals surface area (Å²) in [6, 6.07) is 8.17.